The fraction of sp³-hybridized carbons (Fsp3) is 0.250. The number of nitrogens with one attached hydrogen (secondary N) is 1. The van der Waals surface area contributed by atoms with Gasteiger partial charge in [0.05, 0.1) is 18.8 Å². The Morgan fingerprint density at radius 3 is 2.56 bits per heavy atom. The summed E-state index contributed by atoms with van der Waals surface area (Å²) in [6.45, 7) is 5.05. The number of para-hydroxylation sites is 1. The first-order valence-electron chi connectivity index (χ1n) is 8.82. The Labute approximate surface area is 157 Å². The number of aromatic nitrogens is 2. The molecule has 0 aliphatic rings. The fourth-order valence-corrected chi connectivity index (χ4v) is 2.50. The smallest absolute Gasteiger partial charge is 0.260 e. The lowest BCUT2D eigenvalue weighted by molar-refractivity contribution is 0.102. The Balaban J connectivity index is 1.80. The van der Waals surface area contributed by atoms with Crippen molar-refractivity contribution in [2.24, 2.45) is 0 Å². The van der Waals surface area contributed by atoms with Gasteiger partial charge in [0, 0.05) is 5.56 Å². The van der Waals surface area contributed by atoms with Gasteiger partial charge in [0.15, 0.2) is 5.69 Å². The molecule has 140 valence electrons. The van der Waals surface area contributed by atoms with E-state index in [-0.39, 0.29) is 11.7 Å². The molecule has 3 rings (SSSR count). The van der Waals surface area contributed by atoms with Gasteiger partial charge in [-0.2, -0.15) is 0 Å². The summed E-state index contributed by atoms with van der Waals surface area (Å²) in [5.41, 5.74) is 1.62. The number of carbonyl (C=O) groups excluding carboxylic acids is 1. The van der Waals surface area contributed by atoms with Gasteiger partial charge in [0.2, 0.25) is 5.82 Å². The number of rotatable bonds is 8. The Bertz CT molecular complexity index is 890. The number of benzene rings is 2. The van der Waals surface area contributed by atoms with Gasteiger partial charge in [-0.3, -0.25) is 4.79 Å². The second-order valence-corrected chi connectivity index (χ2v) is 5.72. The van der Waals surface area contributed by atoms with E-state index >= 15 is 0 Å². The van der Waals surface area contributed by atoms with E-state index in [1.807, 2.05) is 44.2 Å². The van der Waals surface area contributed by atoms with Crippen LogP contribution in [0.3, 0.4) is 0 Å². The first-order chi connectivity index (χ1) is 13.2. The largest absolute Gasteiger partial charge is 0.494 e. The summed E-state index contributed by atoms with van der Waals surface area (Å²) in [7, 11) is 0. The van der Waals surface area contributed by atoms with Crippen LogP contribution in [-0.2, 0) is 0 Å². The molecule has 1 heterocycles. The average molecular weight is 367 g/mol. The highest BCUT2D eigenvalue weighted by Gasteiger charge is 2.18. The maximum absolute atomic E-state index is 12.7. The number of ether oxygens (including phenoxy) is 2. The Kier molecular flexibility index (Phi) is 6.04. The van der Waals surface area contributed by atoms with Crippen LogP contribution in [0, 0.1) is 0 Å². The molecule has 1 amide bonds. The molecule has 2 aromatic carbocycles. The van der Waals surface area contributed by atoms with Crippen LogP contribution in [0.15, 0.2) is 53.2 Å². The number of carbonyl (C=O) groups is 1. The summed E-state index contributed by atoms with van der Waals surface area (Å²) in [4.78, 5) is 12.7. The minimum Gasteiger partial charge on any atom is -0.494 e. The normalized spacial score (nSPS) is 10.4. The summed E-state index contributed by atoms with van der Waals surface area (Å²) < 4.78 is 15.9. The molecule has 0 spiro atoms. The van der Waals surface area contributed by atoms with Gasteiger partial charge in [-0.05, 0) is 60.1 Å². The molecule has 0 saturated carbocycles. The van der Waals surface area contributed by atoms with Crippen molar-refractivity contribution in [2.75, 3.05) is 18.5 Å². The van der Waals surface area contributed by atoms with Gasteiger partial charge < -0.3 is 14.8 Å². The molecule has 0 aliphatic carbocycles. The highest BCUT2D eigenvalue weighted by molar-refractivity contribution is 6.07. The zero-order valence-electron chi connectivity index (χ0n) is 15.3. The lowest BCUT2D eigenvalue weighted by atomic mass is 10.1. The van der Waals surface area contributed by atoms with Crippen molar-refractivity contribution in [1.29, 1.82) is 0 Å². The van der Waals surface area contributed by atoms with Crippen LogP contribution in [0.1, 0.15) is 30.6 Å². The van der Waals surface area contributed by atoms with Crippen molar-refractivity contribution in [3.63, 3.8) is 0 Å². The minimum atomic E-state index is -0.343. The monoisotopic (exact) mass is 367 g/mol. The van der Waals surface area contributed by atoms with Gasteiger partial charge in [-0.1, -0.05) is 19.1 Å². The number of anilines is 1. The fourth-order valence-electron chi connectivity index (χ4n) is 2.50. The molecule has 0 bridgehead atoms. The second kappa shape index (κ2) is 8.84. The topological polar surface area (TPSA) is 86.5 Å². The van der Waals surface area contributed by atoms with E-state index in [0.29, 0.717) is 30.2 Å². The third-order valence-corrected chi connectivity index (χ3v) is 3.75. The van der Waals surface area contributed by atoms with E-state index in [2.05, 4.69) is 15.6 Å². The molecule has 1 aromatic heterocycles. The van der Waals surface area contributed by atoms with Gasteiger partial charge in [0.25, 0.3) is 5.91 Å². The molecule has 0 saturated heterocycles. The average Bonchev–Trinajstić information content (AvgIpc) is 3.15. The molecular formula is C20H21N3O4. The summed E-state index contributed by atoms with van der Waals surface area (Å²) >= 11 is 0. The van der Waals surface area contributed by atoms with Gasteiger partial charge >= 0.3 is 0 Å². The summed E-state index contributed by atoms with van der Waals surface area (Å²) in [6.07, 6.45) is 0.852. The number of hydrogen-bond acceptors (Lipinski definition) is 6. The Morgan fingerprint density at radius 1 is 1.04 bits per heavy atom. The SMILES string of the molecule is CCCOc1ccccc1C(=O)Nc1nonc1-c1ccc(OCC)cc1. The van der Waals surface area contributed by atoms with E-state index in [4.69, 9.17) is 14.1 Å². The van der Waals surface area contributed by atoms with Crippen LogP contribution in [0.4, 0.5) is 5.82 Å². The third kappa shape index (κ3) is 4.44. The van der Waals surface area contributed by atoms with E-state index in [1.54, 1.807) is 18.2 Å². The maximum Gasteiger partial charge on any atom is 0.260 e. The highest BCUT2D eigenvalue weighted by atomic mass is 16.6. The summed E-state index contributed by atoms with van der Waals surface area (Å²) in [5.74, 6) is 1.18. The quantitative estimate of drug-likeness (QED) is 0.643. The molecule has 1 N–H and O–H groups in total. The molecule has 0 unspecified atom stereocenters. The molecule has 3 aromatic rings. The second-order valence-electron chi connectivity index (χ2n) is 5.72. The van der Waals surface area contributed by atoms with Crippen molar-refractivity contribution in [2.45, 2.75) is 20.3 Å². The predicted molar refractivity (Wildman–Crippen MR) is 101 cm³/mol. The lowest BCUT2D eigenvalue weighted by Gasteiger charge is -2.10. The van der Waals surface area contributed by atoms with Gasteiger partial charge in [0.1, 0.15) is 11.5 Å². The summed E-state index contributed by atoms with van der Waals surface area (Å²) in [5, 5.41) is 10.5. The van der Waals surface area contributed by atoms with Crippen LogP contribution in [0.5, 0.6) is 11.5 Å². The third-order valence-electron chi connectivity index (χ3n) is 3.75. The zero-order chi connectivity index (χ0) is 19.1. The Morgan fingerprint density at radius 2 is 1.81 bits per heavy atom. The van der Waals surface area contributed by atoms with Crippen molar-refractivity contribution in [3.05, 3.63) is 54.1 Å². The molecule has 7 nitrogen and oxygen atoms in total. The van der Waals surface area contributed by atoms with Crippen LogP contribution in [0.2, 0.25) is 0 Å². The molecule has 0 fully saturated rings. The number of nitrogens with zero attached hydrogens (tertiary/aromatic N) is 2. The highest BCUT2D eigenvalue weighted by Crippen LogP contribution is 2.27. The lowest BCUT2D eigenvalue weighted by Crippen LogP contribution is -2.14. The molecule has 7 heteroatoms. The number of amides is 1. The summed E-state index contributed by atoms with van der Waals surface area (Å²) in [6, 6.07) is 14.4. The van der Waals surface area contributed by atoms with Gasteiger partial charge in [-0.15, -0.1) is 0 Å². The minimum absolute atomic E-state index is 0.245. The first kappa shape index (κ1) is 18.4. The van der Waals surface area contributed by atoms with E-state index < -0.39 is 0 Å². The predicted octanol–water partition coefficient (Wildman–Crippen LogP) is 4.18. The van der Waals surface area contributed by atoms with Crippen LogP contribution < -0.4 is 14.8 Å². The van der Waals surface area contributed by atoms with Gasteiger partial charge in [-0.25, -0.2) is 4.63 Å². The standard InChI is InChI=1S/C20H21N3O4/c1-3-13-26-17-8-6-5-7-16(17)20(24)21-19-18(22-27-23-19)14-9-11-15(12-10-14)25-4-2/h5-12H,3-4,13H2,1-2H3,(H,21,23,24). The van der Waals surface area contributed by atoms with Crippen molar-refractivity contribution < 1.29 is 18.9 Å². The molecular weight excluding hydrogens is 346 g/mol. The van der Waals surface area contributed by atoms with Crippen LogP contribution in [0.25, 0.3) is 11.3 Å². The number of hydrogen-bond donors (Lipinski definition) is 1. The van der Waals surface area contributed by atoms with Crippen molar-refractivity contribution in [1.82, 2.24) is 10.3 Å². The zero-order valence-corrected chi connectivity index (χ0v) is 15.3. The Hall–Kier alpha value is -3.35. The van der Waals surface area contributed by atoms with Crippen molar-refractivity contribution in [3.8, 4) is 22.8 Å². The van der Waals surface area contributed by atoms with E-state index in [1.165, 1.54) is 0 Å². The van der Waals surface area contributed by atoms with E-state index in [9.17, 15) is 4.79 Å². The first-order valence-corrected chi connectivity index (χ1v) is 8.82. The van der Waals surface area contributed by atoms with Crippen LogP contribution >= 0.6 is 0 Å². The molecule has 0 atom stereocenters. The van der Waals surface area contributed by atoms with E-state index in [0.717, 1.165) is 17.7 Å². The molecule has 0 aliphatic heterocycles. The van der Waals surface area contributed by atoms with Crippen molar-refractivity contribution >= 4 is 11.7 Å². The maximum atomic E-state index is 12.7. The van der Waals surface area contributed by atoms with Crippen LogP contribution in [-0.4, -0.2) is 29.4 Å². The molecule has 27 heavy (non-hydrogen) atoms. The molecule has 0 radical (unpaired) electrons.